The fourth-order valence-corrected chi connectivity index (χ4v) is 4.76. The number of aryl methyl sites for hydroxylation is 1. The van der Waals surface area contributed by atoms with Crippen molar-refractivity contribution in [2.24, 2.45) is 5.92 Å². The number of hydrogen-bond donors (Lipinski definition) is 3. The fraction of sp³-hybridized carbons (Fsp3) is 0.500. The van der Waals surface area contributed by atoms with Gasteiger partial charge in [0.25, 0.3) is 0 Å². The summed E-state index contributed by atoms with van der Waals surface area (Å²) in [5, 5.41) is 19.1. The molecule has 2 aromatic heterocycles. The van der Waals surface area contributed by atoms with Gasteiger partial charge in [-0.15, -0.1) is 0 Å². The van der Waals surface area contributed by atoms with E-state index in [1.54, 1.807) is 6.92 Å². The number of fused-ring (bicyclic) bond motifs is 1. The van der Waals surface area contributed by atoms with E-state index in [4.69, 9.17) is 20.5 Å². The van der Waals surface area contributed by atoms with Crippen molar-refractivity contribution < 1.29 is 4.74 Å². The number of allylic oxidation sites excluding steroid dienone is 6. The largest absolute Gasteiger partial charge is 0.428 e. The van der Waals surface area contributed by atoms with Crippen molar-refractivity contribution in [2.75, 3.05) is 11.9 Å². The van der Waals surface area contributed by atoms with Crippen LogP contribution in [-0.4, -0.2) is 27.9 Å². The molecule has 2 heterocycles. The lowest BCUT2D eigenvalue weighted by molar-refractivity contribution is 0.369. The molecule has 0 bridgehead atoms. The second kappa shape index (κ2) is 12.7. The summed E-state index contributed by atoms with van der Waals surface area (Å²) in [5.41, 5.74) is 7.78. The lowest BCUT2D eigenvalue weighted by Gasteiger charge is -2.28. The second-order valence-corrected chi connectivity index (χ2v) is 9.76. The number of pyridine rings is 1. The third-order valence-electron chi connectivity index (χ3n) is 7.15. The molecule has 36 heavy (non-hydrogen) atoms. The van der Waals surface area contributed by atoms with Gasteiger partial charge in [-0.1, -0.05) is 57.1 Å². The Morgan fingerprint density at radius 3 is 2.53 bits per heavy atom. The van der Waals surface area contributed by atoms with Gasteiger partial charge in [0.2, 0.25) is 5.90 Å². The van der Waals surface area contributed by atoms with Gasteiger partial charge in [-0.2, -0.15) is 0 Å². The highest BCUT2D eigenvalue weighted by Gasteiger charge is 2.24. The monoisotopic (exact) mass is 489 g/mol. The molecule has 0 amide bonds. The first-order valence-corrected chi connectivity index (χ1v) is 13.4. The molecule has 2 aromatic rings. The molecular formula is C30H43N5O. The molecular weight excluding hydrogens is 446 g/mol. The number of rotatable bonds is 11. The predicted octanol–water partition coefficient (Wildman–Crippen LogP) is 8.07. The number of nitrogens with one attached hydrogen (secondary N) is 3. The molecule has 0 aromatic carbocycles. The SMILES string of the molecule is CC/C=C/C=C\C(=C(/C)C1CCC1)c1cc(NCC(=N)OC(C)=N)c2c(cc(CC)n2C(C)CC)n1. The van der Waals surface area contributed by atoms with Gasteiger partial charge in [0.15, 0.2) is 5.90 Å². The number of aromatic nitrogens is 2. The van der Waals surface area contributed by atoms with Gasteiger partial charge in [-0.05, 0) is 69.6 Å². The number of anilines is 1. The third-order valence-corrected chi connectivity index (χ3v) is 7.15. The summed E-state index contributed by atoms with van der Waals surface area (Å²) < 4.78 is 7.60. The van der Waals surface area contributed by atoms with Crippen molar-refractivity contribution in [3.63, 3.8) is 0 Å². The van der Waals surface area contributed by atoms with Gasteiger partial charge >= 0.3 is 0 Å². The zero-order chi connectivity index (χ0) is 26.2. The average molecular weight is 490 g/mol. The Hall–Kier alpha value is -3.15. The molecule has 0 saturated heterocycles. The summed E-state index contributed by atoms with van der Waals surface area (Å²) >= 11 is 0. The second-order valence-electron chi connectivity index (χ2n) is 9.76. The Kier molecular flexibility index (Phi) is 9.68. The van der Waals surface area contributed by atoms with Gasteiger partial charge in [0.05, 0.1) is 29.0 Å². The van der Waals surface area contributed by atoms with E-state index >= 15 is 0 Å². The highest BCUT2D eigenvalue weighted by Crippen LogP contribution is 2.39. The van der Waals surface area contributed by atoms with E-state index in [0.717, 1.165) is 41.7 Å². The minimum Gasteiger partial charge on any atom is -0.428 e. The van der Waals surface area contributed by atoms with E-state index in [1.807, 2.05) is 0 Å². The van der Waals surface area contributed by atoms with Crippen molar-refractivity contribution in [1.82, 2.24) is 9.55 Å². The standard InChI is InChI=1S/C30H43N5O/c1-7-10-11-12-16-25(21(5)23-14-13-15-23)26-18-27(33-19-29(32)36-22(6)31)30-28(34-26)17-24(9-3)35(30)20(4)8-2/h10-12,16-18,20,23,31-32H,7-9,13-15,19H2,1-6H3,(H,33,34)/b11-10+,16-12-,25-21-,31-22?,32-29?. The zero-order valence-corrected chi connectivity index (χ0v) is 22.9. The molecule has 6 heteroatoms. The van der Waals surface area contributed by atoms with E-state index in [-0.39, 0.29) is 18.3 Å². The van der Waals surface area contributed by atoms with Crippen LogP contribution in [-0.2, 0) is 11.2 Å². The van der Waals surface area contributed by atoms with Crippen LogP contribution in [0.15, 0.2) is 42.0 Å². The molecule has 194 valence electrons. The smallest absolute Gasteiger partial charge is 0.208 e. The lowest BCUT2D eigenvalue weighted by atomic mass is 9.78. The first kappa shape index (κ1) is 27.4. The molecule has 1 saturated carbocycles. The molecule has 1 atom stereocenters. The van der Waals surface area contributed by atoms with Crippen molar-refractivity contribution in [3.8, 4) is 0 Å². The van der Waals surface area contributed by atoms with Gasteiger partial charge in [0, 0.05) is 18.7 Å². The van der Waals surface area contributed by atoms with Crippen LogP contribution in [0.4, 0.5) is 5.69 Å². The summed E-state index contributed by atoms with van der Waals surface area (Å²) in [4.78, 5) is 5.21. The number of hydrogen-bond acceptors (Lipinski definition) is 5. The van der Waals surface area contributed by atoms with Gasteiger partial charge in [-0.25, -0.2) is 4.98 Å². The Balaban J connectivity index is 2.19. The van der Waals surface area contributed by atoms with Gasteiger partial charge in [0.1, 0.15) is 0 Å². The fourth-order valence-electron chi connectivity index (χ4n) is 4.76. The number of ether oxygens (including phenoxy) is 1. The summed E-state index contributed by atoms with van der Waals surface area (Å²) in [7, 11) is 0. The first-order chi connectivity index (χ1) is 17.3. The maximum atomic E-state index is 8.14. The molecule has 3 rings (SSSR count). The maximum absolute atomic E-state index is 8.14. The molecule has 3 N–H and O–H groups in total. The molecule has 1 fully saturated rings. The molecule has 6 nitrogen and oxygen atoms in total. The van der Waals surface area contributed by atoms with E-state index in [0.29, 0.717) is 12.0 Å². The third kappa shape index (κ3) is 6.34. The molecule has 1 aliphatic rings. The molecule has 1 aliphatic carbocycles. The minimum absolute atomic E-state index is 0.0187. The van der Waals surface area contributed by atoms with Gasteiger partial charge in [-0.3, -0.25) is 10.8 Å². The Morgan fingerprint density at radius 2 is 1.94 bits per heavy atom. The van der Waals surface area contributed by atoms with Crippen LogP contribution in [0.1, 0.15) is 91.1 Å². The van der Waals surface area contributed by atoms with Crippen LogP contribution in [0.25, 0.3) is 16.6 Å². The molecule has 0 aliphatic heterocycles. The summed E-state index contributed by atoms with van der Waals surface area (Å²) in [6.45, 7) is 12.8. The first-order valence-electron chi connectivity index (χ1n) is 13.4. The van der Waals surface area contributed by atoms with Crippen molar-refractivity contribution in [3.05, 3.63) is 53.4 Å². The van der Waals surface area contributed by atoms with E-state index in [9.17, 15) is 0 Å². The van der Waals surface area contributed by atoms with Crippen molar-refractivity contribution in [1.29, 1.82) is 10.8 Å². The zero-order valence-electron chi connectivity index (χ0n) is 22.9. The predicted molar refractivity (Wildman–Crippen MR) is 153 cm³/mol. The Labute approximate surface area is 216 Å². The minimum atomic E-state index is 0.0187. The highest BCUT2D eigenvalue weighted by atomic mass is 16.5. The number of nitrogens with zero attached hydrogens (tertiary/aromatic N) is 2. The van der Waals surface area contributed by atoms with E-state index in [1.165, 1.54) is 36.1 Å². The normalized spacial score (nSPS) is 15.8. The summed E-state index contributed by atoms with van der Waals surface area (Å²) in [5.74, 6) is 0.657. The lowest BCUT2D eigenvalue weighted by Crippen LogP contribution is -2.19. The van der Waals surface area contributed by atoms with Crippen LogP contribution in [0.5, 0.6) is 0 Å². The summed E-state index contributed by atoms with van der Waals surface area (Å²) in [6, 6.07) is 4.68. The molecule has 0 radical (unpaired) electrons. The summed E-state index contributed by atoms with van der Waals surface area (Å²) in [6.07, 6.45) is 15.3. The van der Waals surface area contributed by atoms with Crippen molar-refractivity contribution in [2.45, 2.75) is 86.1 Å². The maximum Gasteiger partial charge on any atom is 0.208 e. The van der Waals surface area contributed by atoms with E-state index in [2.05, 4.69) is 80.9 Å². The van der Waals surface area contributed by atoms with Crippen LogP contribution in [0, 0.1) is 16.7 Å². The van der Waals surface area contributed by atoms with Crippen molar-refractivity contribution >= 4 is 34.1 Å². The van der Waals surface area contributed by atoms with Crippen LogP contribution in [0.2, 0.25) is 0 Å². The quantitative estimate of drug-likeness (QED) is 0.169. The van der Waals surface area contributed by atoms with E-state index < -0.39 is 0 Å². The van der Waals surface area contributed by atoms with Crippen LogP contribution >= 0.6 is 0 Å². The van der Waals surface area contributed by atoms with Gasteiger partial charge < -0.3 is 14.6 Å². The van der Waals surface area contributed by atoms with Crippen LogP contribution in [0.3, 0.4) is 0 Å². The average Bonchev–Trinajstić information content (AvgIpc) is 3.19. The Bertz CT molecular complexity index is 1180. The Morgan fingerprint density at radius 1 is 1.19 bits per heavy atom. The topological polar surface area (TPSA) is 86.8 Å². The highest BCUT2D eigenvalue weighted by molar-refractivity contribution is 5.95. The van der Waals surface area contributed by atoms with Crippen LogP contribution < -0.4 is 5.32 Å². The molecule has 1 unspecified atom stereocenters. The molecule has 0 spiro atoms.